The van der Waals surface area contributed by atoms with Crippen molar-refractivity contribution in [1.82, 2.24) is 15.3 Å². The van der Waals surface area contributed by atoms with Crippen LogP contribution in [0.2, 0.25) is 0 Å². The lowest BCUT2D eigenvalue weighted by molar-refractivity contribution is 0.0940. The number of aliphatic hydroxyl groups is 1. The number of aromatic nitrogens is 2. The summed E-state index contributed by atoms with van der Waals surface area (Å²) in [4.78, 5) is 21.6. The second kappa shape index (κ2) is 10.2. The SMILES string of the molecule is CC(NC(=O)c1cnc(NCCO)nc1NC1CCCCC1)c1ccc(F)cc1. The molecule has 1 heterocycles. The fraction of sp³-hybridized carbons (Fsp3) is 0.476. The number of carbonyl (C=O) groups is 1. The van der Waals surface area contributed by atoms with Gasteiger partial charge in [-0.15, -0.1) is 0 Å². The maximum Gasteiger partial charge on any atom is 0.257 e. The molecule has 0 aliphatic heterocycles. The summed E-state index contributed by atoms with van der Waals surface area (Å²) in [5.74, 6) is 0.232. The third-order valence-corrected chi connectivity index (χ3v) is 5.09. The van der Waals surface area contributed by atoms with Gasteiger partial charge in [0.05, 0.1) is 12.6 Å². The van der Waals surface area contributed by atoms with E-state index in [-0.39, 0.29) is 30.4 Å². The van der Waals surface area contributed by atoms with Crippen LogP contribution in [0.4, 0.5) is 16.2 Å². The number of halogens is 1. The Kier molecular flexibility index (Phi) is 7.35. The van der Waals surface area contributed by atoms with E-state index in [0.29, 0.717) is 23.9 Å². The van der Waals surface area contributed by atoms with E-state index in [0.717, 1.165) is 31.2 Å². The van der Waals surface area contributed by atoms with Gasteiger partial charge in [0.25, 0.3) is 5.91 Å². The summed E-state index contributed by atoms with van der Waals surface area (Å²) in [5, 5.41) is 18.3. The fourth-order valence-electron chi connectivity index (χ4n) is 3.46. The normalized spacial score (nSPS) is 15.6. The van der Waals surface area contributed by atoms with Gasteiger partial charge in [-0.2, -0.15) is 4.98 Å². The Hall–Kier alpha value is -2.74. The highest BCUT2D eigenvalue weighted by Gasteiger charge is 2.21. The molecule has 7 nitrogen and oxygen atoms in total. The fourth-order valence-corrected chi connectivity index (χ4v) is 3.46. The average molecular weight is 401 g/mol. The molecule has 1 unspecified atom stereocenters. The molecule has 0 bridgehead atoms. The quantitative estimate of drug-likeness (QED) is 0.542. The Morgan fingerprint density at radius 3 is 2.66 bits per heavy atom. The highest BCUT2D eigenvalue weighted by Crippen LogP contribution is 2.24. The Morgan fingerprint density at radius 2 is 1.97 bits per heavy atom. The molecule has 4 N–H and O–H groups in total. The van der Waals surface area contributed by atoms with E-state index in [2.05, 4.69) is 25.9 Å². The van der Waals surface area contributed by atoms with Crippen LogP contribution in [0.1, 0.15) is 61.0 Å². The van der Waals surface area contributed by atoms with Crippen molar-refractivity contribution in [2.45, 2.75) is 51.1 Å². The molecule has 156 valence electrons. The first kappa shape index (κ1) is 21.0. The number of rotatable bonds is 8. The van der Waals surface area contributed by atoms with Crippen LogP contribution in [-0.4, -0.2) is 40.2 Å². The largest absolute Gasteiger partial charge is 0.395 e. The van der Waals surface area contributed by atoms with Gasteiger partial charge in [-0.3, -0.25) is 4.79 Å². The monoisotopic (exact) mass is 401 g/mol. The standard InChI is InChI=1S/C21H28FN5O2/c1-14(15-7-9-16(22)10-8-15)25-20(29)18-13-24-21(23-11-12-28)27-19(18)26-17-5-3-2-4-6-17/h7-10,13-14,17,28H,2-6,11-12H2,1H3,(H,25,29)(H2,23,24,26,27). The minimum Gasteiger partial charge on any atom is -0.395 e. The number of hydrogen-bond donors (Lipinski definition) is 4. The molecule has 1 fully saturated rings. The third-order valence-electron chi connectivity index (χ3n) is 5.09. The van der Waals surface area contributed by atoms with E-state index >= 15 is 0 Å². The molecule has 1 amide bonds. The molecule has 1 aromatic heterocycles. The molecule has 1 aliphatic carbocycles. The summed E-state index contributed by atoms with van der Waals surface area (Å²) < 4.78 is 13.1. The lowest BCUT2D eigenvalue weighted by atomic mass is 9.95. The van der Waals surface area contributed by atoms with Crippen molar-refractivity contribution < 1.29 is 14.3 Å². The lowest BCUT2D eigenvalue weighted by Crippen LogP contribution is -2.30. The molecule has 1 aliphatic rings. The molecular weight excluding hydrogens is 373 g/mol. The number of amides is 1. The predicted octanol–water partition coefficient (Wildman–Crippen LogP) is 3.26. The first-order valence-corrected chi connectivity index (χ1v) is 10.1. The molecule has 1 atom stereocenters. The van der Waals surface area contributed by atoms with Crippen molar-refractivity contribution in [2.24, 2.45) is 0 Å². The second-order valence-corrected chi connectivity index (χ2v) is 7.33. The number of benzene rings is 1. The van der Waals surface area contributed by atoms with Crippen LogP contribution in [-0.2, 0) is 0 Å². The van der Waals surface area contributed by atoms with Gasteiger partial charge in [0.15, 0.2) is 0 Å². The van der Waals surface area contributed by atoms with Crippen LogP contribution in [0.25, 0.3) is 0 Å². The molecule has 0 spiro atoms. The smallest absolute Gasteiger partial charge is 0.257 e. The number of nitrogens with zero attached hydrogens (tertiary/aromatic N) is 2. The summed E-state index contributed by atoms with van der Waals surface area (Å²) in [6, 6.07) is 6.03. The van der Waals surface area contributed by atoms with Gasteiger partial charge < -0.3 is 21.1 Å². The average Bonchev–Trinajstić information content (AvgIpc) is 2.73. The van der Waals surface area contributed by atoms with E-state index in [1.165, 1.54) is 24.8 Å². The van der Waals surface area contributed by atoms with Gasteiger partial charge in [-0.25, -0.2) is 9.37 Å². The maximum absolute atomic E-state index is 13.1. The van der Waals surface area contributed by atoms with Crippen molar-refractivity contribution in [3.05, 3.63) is 47.4 Å². The van der Waals surface area contributed by atoms with E-state index in [1.54, 1.807) is 12.1 Å². The molecule has 0 saturated heterocycles. The minimum atomic E-state index is -0.314. The van der Waals surface area contributed by atoms with Crippen molar-refractivity contribution in [1.29, 1.82) is 0 Å². The minimum absolute atomic E-state index is 0.0355. The highest BCUT2D eigenvalue weighted by molar-refractivity contribution is 5.98. The topological polar surface area (TPSA) is 99.2 Å². The molecule has 2 aromatic rings. The van der Waals surface area contributed by atoms with Crippen molar-refractivity contribution in [3.8, 4) is 0 Å². The van der Waals surface area contributed by atoms with E-state index in [1.807, 2.05) is 6.92 Å². The summed E-state index contributed by atoms with van der Waals surface area (Å²) in [5.41, 5.74) is 1.17. The van der Waals surface area contributed by atoms with Crippen LogP contribution in [0.5, 0.6) is 0 Å². The Bertz CT molecular complexity index is 809. The molecular formula is C21H28FN5O2. The maximum atomic E-state index is 13.1. The number of carbonyl (C=O) groups excluding carboxylic acids is 1. The number of aliphatic hydroxyl groups excluding tert-OH is 1. The van der Waals surface area contributed by atoms with Crippen LogP contribution >= 0.6 is 0 Å². The Morgan fingerprint density at radius 1 is 1.24 bits per heavy atom. The zero-order valence-corrected chi connectivity index (χ0v) is 16.6. The third kappa shape index (κ3) is 5.87. The molecule has 29 heavy (non-hydrogen) atoms. The van der Waals surface area contributed by atoms with Crippen LogP contribution in [0.15, 0.2) is 30.5 Å². The van der Waals surface area contributed by atoms with Crippen molar-refractivity contribution in [2.75, 3.05) is 23.8 Å². The zero-order chi connectivity index (χ0) is 20.6. The van der Waals surface area contributed by atoms with Gasteiger partial charge in [0.2, 0.25) is 5.95 Å². The van der Waals surface area contributed by atoms with Gasteiger partial charge >= 0.3 is 0 Å². The van der Waals surface area contributed by atoms with E-state index in [9.17, 15) is 9.18 Å². The van der Waals surface area contributed by atoms with Crippen molar-refractivity contribution >= 4 is 17.7 Å². The summed E-state index contributed by atoms with van der Waals surface area (Å²) in [7, 11) is 0. The van der Waals surface area contributed by atoms with E-state index < -0.39 is 0 Å². The van der Waals surface area contributed by atoms with Gasteiger partial charge in [0, 0.05) is 18.8 Å². The number of hydrogen-bond acceptors (Lipinski definition) is 6. The summed E-state index contributed by atoms with van der Waals surface area (Å²) in [6.07, 6.45) is 7.11. The summed E-state index contributed by atoms with van der Waals surface area (Å²) in [6.45, 7) is 2.14. The Labute approximate surface area is 170 Å². The molecule has 1 aromatic carbocycles. The predicted molar refractivity (Wildman–Crippen MR) is 110 cm³/mol. The van der Waals surface area contributed by atoms with Crippen LogP contribution in [0.3, 0.4) is 0 Å². The first-order valence-electron chi connectivity index (χ1n) is 10.1. The zero-order valence-electron chi connectivity index (χ0n) is 16.6. The highest BCUT2D eigenvalue weighted by atomic mass is 19.1. The molecule has 3 rings (SSSR count). The lowest BCUT2D eigenvalue weighted by Gasteiger charge is -2.24. The van der Waals surface area contributed by atoms with Gasteiger partial charge in [-0.05, 0) is 37.5 Å². The van der Waals surface area contributed by atoms with Crippen LogP contribution in [0, 0.1) is 5.82 Å². The van der Waals surface area contributed by atoms with Gasteiger partial charge in [-0.1, -0.05) is 31.4 Å². The second-order valence-electron chi connectivity index (χ2n) is 7.33. The van der Waals surface area contributed by atoms with Gasteiger partial charge in [0.1, 0.15) is 17.2 Å². The first-order chi connectivity index (χ1) is 14.1. The van der Waals surface area contributed by atoms with Crippen molar-refractivity contribution in [3.63, 3.8) is 0 Å². The summed E-state index contributed by atoms with van der Waals surface area (Å²) >= 11 is 0. The molecule has 0 radical (unpaired) electrons. The number of nitrogens with one attached hydrogen (secondary N) is 3. The number of anilines is 2. The van der Waals surface area contributed by atoms with E-state index in [4.69, 9.17) is 5.11 Å². The molecule has 8 heteroatoms. The van der Waals surface area contributed by atoms with Crippen LogP contribution < -0.4 is 16.0 Å². The molecule has 1 saturated carbocycles. The Balaban J connectivity index is 1.77.